The molecule has 0 saturated heterocycles. The zero-order valence-corrected chi connectivity index (χ0v) is 14.6. The fourth-order valence-electron chi connectivity index (χ4n) is 2.79. The minimum atomic E-state index is -4.63. The molecule has 0 amide bonds. The van der Waals surface area contributed by atoms with E-state index in [1.54, 1.807) is 55.6 Å². The first-order valence-electron chi connectivity index (χ1n) is 8.25. The molecule has 1 N–H and O–H groups in total. The number of fused-ring (bicyclic) bond motifs is 1. The highest BCUT2D eigenvalue weighted by atomic mass is 19.4. The lowest BCUT2D eigenvalue weighted by molar-refractivity contribution is -0.140. The molecule has 3 aromatic heterocycles. The van der Waals surface area contributed by atoms with Gasteiger partial charge in [-0.05, 0) is 42.5 Å². The average Bonchev–Trinajstić information content (AvgIpc) is 3.09. The van der Waals surface area contributed by atoms with E-state index >= 15 is 0 Å². The van der Waals surface area contributed by atoms with Crippen LogP contribution in [0.25, 0.3) is 16.9 Å². The number of nitrogens with zero attached hydrogens (tertiary/aromatic N) is 4. The number of rotatable bonds is 4. The first-order valence-corrected chi connectivity index (χ1v) is 8.25. The number of hydrogen-bond donors (Lipinski definition) is 1. The number of methoxy groups -OCH3 is 1. The number of aromatic nitrogens is 4. The third-order valence-corrected chi connectivity index (χ3v) is 4.05. The first kappa shape index (κ1) is 17.8. The van der Waals surface area contributed by atoms with Crippen molar-refractivity contribution >= 4 is 17.0 Å². The van der Waals surface area contributed by atoms with Gasteiger partial charge in [0.15, 0.2) is 11.5 Å². The maximum atomic E-state index is 13.5. The highest BCUT2D eigenvalue weighted by Gasteiger charge is 2.39. The number of ether oxygens (including phenoxy) is 1. The van der Waals surface area contributed by atoms with Crippen molar-refractivity contribution in [3.05, 3.63) is 66.6 Å². The van der Waals surface area contributed by atoms with E-state index in [4.69, 9.17) is 4.74 Å². The molecule has 0 spiro atoms. The first-order chi connectivity index (χ1) is 13.5. The smallest absolute Gasteiger partial charge is 0.435 e. The van der Waals surface area contributed by atoms with Crippen LogP contribution in [-0.2, 0) is 6.18 Å². The maximum Gasteiger partial charge on any atom is 0.435 e. The number of alkyl halides is 3. The molecule has 0 bridgehead atoms. The van der Waals surface area contributed by atoms with E-state index in [1.165, 1.54) is 16.9 Å². The lowest BCUT2D eigenvalue weighted by Crippen LogP contribution is -2.08. The standard InChI is InChI=1S/C19H14F3N5O/c1-28-13-7-5-12(6-8-13)24-15-9-10-23-18(25-15)16-14-4-2-3-11-27(14)26-17(16)19(20,21)22/h2-11H,1H3,(H,23,24,25). The molecule has 0 fully saturated rings. The molecule has 0 atom stereocenters. The van der Waals surface area contributed by atoms with Crippen LogP contribution in [0.2, 0.25) is 0 Å². The quantitative estimate of drug-likeness (QED) is 0.558. The Bertz CT molecular complexity index is 1120. The number of halogens is 3. The average molecular weight is 385 g/mol. The van der Waals surface area contributed by atoms with Crippen molar-refractivity contribution in [3.63, 3.8) is 0 Å². The molecule has 0 aliphatic carbocycles. The molecule has 3 heterocycles. The number of benzene rings is 1. The van der Waals surface area contributed by atoms with Crippen molar-refractivity contribution in [3.8, 4) is 17.1 Å². The molecule has 0 aliphatic heterocycles. The molecular formula is C19H14F3N5O. The van der Waals surface area contributed by atoms with Gasteiger partial charge >= 0.3 is 6.18 Å². The van der Waals surface area contributed by atoms with E-state index < -0.39 is 11.9 Å². The Balaban J connectivity index is 1.77. The summed E-state index contributed by atoms with van der Waals surface area (Å²) in [5.74, 6) is 0.987. The zero-order chi connectivity index (χ0) is 19.7. The Kier molecular flexibility index (Phi) is 4.34. The normalized spacial score (nSPS) is 11.6. The molecule has 0 saturated carbocycles. The van der Waals surface area contributed by atoms with Gasteiger partial charge in [-0.1, -0.05) is 6.07 Å². The molecule has 142 valence electrons. The Morgan fingerprint density at radius 2 is 1.82 bits per heavy atom. The highest BCUT2D eigenvalue weighted by Crippen LogP contribution is 2.37. The van der Waals surface area contributed by atoms with Crippen LogP contribution in [0.15, 0.2) is 60.9 Å². The van der Waals surface area contributed by atoms with Gasteiger partial charge in [0.2, 0.25) is 0 Å². The summed E-state index contributed by atoms with van der Waals surface area (Å²) in [6, 6.07) is 13.4. The van der Waals surface area contributed by atoms with Crippen molar-refractivity contribution in [2.45, 2.75) is 6.18 Å². The molecule has 1 aromatic carbocycles. The second-order valence-corrected chi connectivity index (χ2v) is 5.87. The largest absolute Gasteiger partial charge is 0.497 e. The van der Waals surface area contributed by atoms with Crippen LogP contribution in [0.4, 0.5) is 24.7 Å². The summed E-state index contributed by atoms with van der Waals surface area (Å²) in [7, 11) is 1.56. The lowest BCUT2D eigenvalue weighted by Gasteiger charge is -2.09. The van der Waals surface area contributed by atoms with E-state index in [1.807, 2.05) is 0 Å². The Labute approximate surface area is 157 Å². The van der Waals surface area contributed by atoms with Crippen LogP contribution in [0.1, 0.15) is 5.69 Å². The predicted octanol–water partition coefficient (Wildman–Crippen LogP) is 4.56. The summed E-state index contributed by atoms with van der Waals surface area (Å²) in [6.07, 6.45) is -1.78. The van der Waals surface area contributed by atoms with Gasteiger partial charge in [-0.3, -0.25) is 0 Å². The Morgan fingerprint density at radius 1 is 1.04 bits per heavy atom. The fraction of sp³-hybridized carbons (Fsp3) is 0.105. The van der Waals surface area contributed by atoms with Crippen molar-refractivity contribution in [1.82, 2.24) is 19.6 Å². The summed E-state index contributed by atoms with van der Waals surface area (Å²) in [4.78, 5) is 8.32. The summed E-state index contributed by atoms with van der Waals surface area (Å²) in [6.45, 7) is 0. The molecule has 4 rings (SSSR count). The number of pyridine rings is 1. The number of hydrogen-bond acceptors (Lipinski definition) is 5. The van der Waals surface area contributed by atoms with Gasteiger partial charge < -0.3 is 10.1 Å². The minimum Gasteiger partial charge on any atom is -0.497 e. The topological polar surface area (TPSA) is 64.3 Å². The lowest BCUT2D eigenvalue weighted by atomic mass is 10.1. The van der Waals surface area contributed by atoms with Gasteiger partial charge in [-0.2, -0.15) is 18.3 Å². The molecule has 4 aromatic rings. The highest BCUT2D eigenvalue weighted by molar-refractivity contribution is 5.79. The van der Waals surface area contributed by atoms with Gasteiger partial charge in [0.05, 0.1) is 18.2 Å². The third-order valence-electron chi connectivity index (χ3n) is 4.05. The Hall–Kier alpha value is -3.62. The van der Waals surface area contributed by atoms with E-state index in [2.05, 4.69) is 20.4 Å². The molecule has 28 heavy (non-hydrogen) atoms. The summed E-state index contributed by atoms with van der Waals surface area (Å²) in [5, 5.41) is 6.72. The van der Waals surface area contributed by atoms with Gasteiger partial charge in [0.1, 0.15) is 11.6 Å². The van der Waals surface area contributed by atoms with Gasteiger partial charge in [0.25, 0.3) is 0 Å². The molecule has 0 aliphatic rings. The number of anilines is 2. The van der Waals surface area contributed by atoms with E-state index in [-0.39, 0.29) is 16.9 Å². The van der Waals surface area contributed by atoms with E-state index in [0.717, 1.165) is 0 Å². The van der Waals surface area contributed by atoms with Crippen LogP contribution in [0.5, 0.6) is 5.75 Å². The van der Waals surface area contributed by atoms with Crippen LogP contribution >= 0.6 is 0 Å². The zero-order valence-electron chi connectivity index (χ0n) is 14.6. The summed E-state index contributed by atoms with van der Waals surface area (Å²) >= 11 is 0. The maximum absolute atomic E-state index is 13.5. The van der Waals surface area contributed by atoms with E-state index in [0.29, 0.717) is 17.3 Å². The molecule has 0 radical (unpaired) electrons. The fourth-order valence-corrected chi connectivity index (χ4v) is 2.79. The molecule has 9 heteroatoms. The molecule has 0 unspecified atom stereocenters. The minimum absolute atomic E-state index is 0.0629. The van der Waals surface area contributed by atoms with Gasteiger partial charge in [-0.25, -0.2) is 14.5 Å². The van der Waals surface area contributed by atoms with E-state index in [9.17, 15) is 13.2 Å². The van der Waals surface area contributed by atoms with Crippen molar-refractivity contribution in [2.24, 2.45) is 0 Å². The van der Waals surface area contributed by atoms with Crippen molar-refractivity contribution < 1.29 is 17.9 Å². The summed E-state index contributed by atoms with van der Waals surface area (Å²) < 4.78 is 46.9. The molecule has 6 nitrogen and oxygen atoms in total. The monoisotopic (exact) mass is 385 g/mol. The summed E-state index contributed by atoms with van der Waals surface area (Å²) in [5.41, 5.74) is -0.204. The van der Waals surface area contributed by atoms with Crippen molar-refractivity contribution in [1.29, 1.82) is 0 Å². The second-order valence-electron chi connectivity index (χ2n) is 5.87. The SMILES string of the molecule is COc1ccc(Nc2ccnc(-c3c(C(F)(F)F)nn4ccccc34)n2)cc1. The van der Waals surface area contributed by atoms with Crippen LogP contribution in [-0.4, -0.2) is 26.7 Å². The van der Waals surface area contributed by atoms with Crippen molar-refractivity contribution in [2.75, 3.05) is 12.4 Å². The number of nitrogens with one attached hydrogen (secondary N) is 1. The van der Waals surface area contributed by atoms with Crippen LogP contribution in [0.3, 0.4) is 0 Å². The second kappa shape index (κ2) is 6.84. The third kappa shape index (κ3) is 3.34. The molecular weight excluding hydrogens is 371 g/mol. The Morgan fingerprint density at radius 3 is 2.54 bits per heavy atom. The predicted molar refractivity (Wildman–Crippen MR) is 97.5 cm³/mol. The van der Waals surface area contributed by atoms with Crippen LogP contribution < -0.4 is 10.1 Å². The van der Waals surface area contributed by atoms with Gasteiger partial charge in [-0.15, -0.1) is 0 Å². The van der Waals surface area contributed by atoms with Gasteiger partial charge in [0, 0.05) is 18.1 Å². The van der Waals surface area contributed by atoms with Crippen LogP contribution in [0, 0.1) is 0 Å².